The summed E-state index contributed by atoms with van der Waals surface area (Å²) in [5, 5.41) is 36.2. The van der Waals surface area contributed by atoms with Gasteiger partial charge in [0.2, 0.25) is 11.8 Å². The number of aliphatic hydroxyl groups is 3. The van der Waals surface area contributed by atoms with Gasteiger partial charge >= 0.3 is 0 Å². The van der Waals surface area contributed by atoms with E-state index in [0.29, 0.717) is 0 Å². The lowest BCUT2D eigenvalue weighted by atomic mass is 10.4. The van der Waals surface area contributed by atoms with Crippen molar-refractivity contribution in [1.82, 2.24) is 21.3 Å². The molecule has 2 unspecified atom stereocenters. The quantitative estimate of drug-likeness (QED) is 0.184. The molecule has 0 fully saturated rings. The average Bonchev–Trinajstić information content (AvgIpc) is 2.40. The summed E-state index contributed by atoms with van der Waals surface area (Å²) in [5.74, 6) is -1.02. The van der Waals surface area contributed by atoms with E-state index in [1.165, 1.54) is 0 Å². The third-order valence-corrected chi connectivity index (χ3v) is 1.99. The second-order valence-electron chi connectivity index (χ2n) is 3.59. The molecule has 0 radical (unpaired) electrons. The summed E-state index contributed by atoms with van der Waals surface area (Å²) in [6, 6.07) is 0. The molecule has 0 bridgehead atoms. The average molecular weight is 279 g/mol. The van der Waals surface area contributed by atoms with Crippen LogP contribution in [0.3, 0.4) is 0 Å². The molecule has 112 valence electrons. The first-order chi connectivity index (χ1) is 8.99. The molecule has 0 spiro atoms. The highest BCUT2D eigenvalue weighted by Gasteiger charge is 2.09. The maximum atomic E-state index is 11.2. The molecule has 0 saturated carbocycles. The van der Waals surface area contributed by atoms with Crippen molar-refractivity contribution < 1.29 is 24.9 Å². The Morgan fingerprint density at radius 1 is 1.00 bits per heavy atom. The van der Waals surface area contributed by atoms with Crippen molar-refractivity contribution in [2.75, 3.05) is 32.9 Å². The van der Waals surface area contributed by atoms with Crippen LogP contribution in [0, 0.1) is 0 Å². The summed E-state index contributed by atoms with van der Waals surface area (Å²) in [6.45, 7) is -0.945. The molecule has 0 aromatic heterocycles. The molecule has 19 heavy (non-hydrogen) atoms. The van der Waals surface area contributed by atoms with Crippen molar-refractivity contribution in [3.05, 3.63) is 0 Å². The zero-order valence-corrected chi connectivity index (χ0v) is 10.4. The highest BCUT2D eigenvalue weighted by atomic mass is 16.3. The van der Waals surface area contributed by atoms with Crippen LogP contribution in [-0.2, 0) is 9.59 Å². The summed E-state index contributed by atoms with van der Waals surface area (Å²) < 4.78 is 0. The minimum Gasteiger partial charge on any atom is -0.377 e. The highest BCUT2D eigenvalue weighted by Crippen LogP contribution is 1.77. The van der Waals surface area contributed by atoms with Crippen LogP contribution >= 0.6 is 0 Å². The van der Waals surface area contributed by atoms with Gasteiger partial charge in [0.15, 0.2) is 0 Å². The van der Waals surface area contributed by atoms with E-state index in [4.69, 9.17) is 15.9 Å². The van der Waals surface area contributed by atoms with Gasteiger partial charge in [-0.05, 0) is 0 Å². The van der Waals surface area contributed by atoms with Gasteiger partial charge in [-0.1, -0.05) is 0 Å². The van der Waals surface area contributed by atoms with E-state index in [1.54, 1.807) is 0 Å². The lowest BCUT2D eigenvalue weighted by Gasteiger charge is -2.16. The molecule has 9 N–H and O–H groups in total. The van der Waals surface area contributed by atoms with Crippen LogP contribution in [0.2, 0.25) is 0 Å². The van der Waals surface area contributed by atoms with Gasteiger partial charge in [0.25, 0.3) is 0 Å². The van der Waals surface area contributed by atoms with Gasteiger partial charge < -0.3 is 31.7 Å². The van der Waals surface area contributed by atoms with Crippen LogP contribution in [0.4, 0.5) is 0 Å². The minimum absolute atomic E-state index is 0.00712. The van der Waals surface area contributed by atoms with Gasteiger partial charge in [-0.25, -0.2) is 0 Å². The molecular weight excluding hydrogens is 258 g/mol. The highest BCUT2D eigenvalue weighted by molar-refractivity contribution is 5.85. The Labute approximate surface area is 110 Å². The van der Waals surface area contributed by atoms with Gasteiger partial charge in [-0.2, -0.15) is 0 Å². The van der Waals surface area contributed by atoms with E-state index in [1.807, 2.05) is 0 Å². The summed E-state index contributed by atoms with van der Waals surface area (Å²) >= 11 is 0. The molecule has 10 heteroatoms. The smallest absolute Gasteiger partial charge is 0.241 e. The fourth-order valence-corrected chi connectivity index (χ4v) is 1.01. The second kappa shape index (κ2) is 10.6. The van der Waals surface area contributed by atoms with Crippen LogP contribution in [0.5, 0.6) is 0 Å². The van der Waals surface area contributed by atoms with E-state index in [9.17, 15) is 14.7 Å². The Bertz CT molecular complexity index is 278. The molecule has 0 aliphatic heterocycles. The number of nitrogens with two attached hydrogens (primary N) is 1. The normalized spacial score (nSPS) is 13.7. The molecule has 2 amide bonds. The van der Waals surface area contributed by atoms with Crippen molar-refractivity contribution in [1.29, 1.82) is 0 Å². The molecule has 0 heterocycles. The number of aliphatic hydroxyl groups excluding tert-OH is 3. The van der Waals surface area contributed by atoms with E-state index in [-0.39, 0.29) is 26.2 Å². The first kappa shape index (κ1) is 17.7. The molecule has 2 atom stereocenters. The van der Waals surface area contributed by atoms with Gasteiger partial charge in [-0.15, -0.1) is 0 Å². The number of carbonyl (C=O) groups excluding carboxylic acids is 2. The first-order valence-electron chi connectivity index (χ1n) is 5.66. The largest absolute Gasteiger partial charge is 0.377 e. The van der Waals surface area contributed by atoms with Crippen molar-refractivity contribution in [3.8, 4) is 0 Å². The number of hydrogen-bond acceptors (Lipinski definition) is 8. The lowest BCUT2D eigenvalue weighted by Crippen LogP contribution is -2.48. The summed E-state index contributed by atoms with van der Waals surface area (Å²) in [4.78, 5) is 22.1. The fraction of sp³-hybridized carbons (Fsp3) is 0.778. The zero-order chi connectivity index (χ0) is 14.7. The minimum atomic E-state index is -1.04. The number of nitrogens with one attached hydrogen (secondary N) is 4. The van der Waals surface area contributed by atoms with Crippen LogP contribution in [-0.4, -0.2) is 72.5 Å². The topological polar surface area (TPSA) is 169 Å². The van der Waals surface area contributed by atoms with E-state index in [0.717, 1.165) is 0 Å². The molecule has 0 aliphatic rings. The van der Waals surface area contributed by atoms with Crippen molar-refractivity contribution in [2.45, 2.75) is 12.5 Å². The van der Waals surface area contributed by atoms with E-state index in [2.05, 4.69) is 21.3 Å². The third kappa shape index (κ3) is 10.3. The van der Waals surface area contributed by atoms with Crippen LogP contribution in [0.25, 0.3) is 0 Å². The van der Waals surface area contributed by atoms with Crippen molar-refractivity contribution >= 4 is 11.8 Å². The second-order valence-corrected chi connectivity index (χ2v) is 3.59. The molecule has 0 aliphatic carbocycles. The van der Waals surface area contributed by atoms with Gasteiger partial charge in [0.1, 0.15) is 19.2 Å². The van der Waals surface area contributed by atoms with Crippen LogP contribution in [0.1, 0.15) is 0 Å². The Morgan fingerprint density at radius 3 is 2.21 bits per heavy atom. The monoisotopic (exact) mass is 279 g/mol. The van der Waals surface area contributed by atoms with E-state index >= 15 is 0 Å². The standard InChI is InChI=1S/C9H21N5O5/c10-1-6(16)11-2-7(17)12-3-8(18)13-4-9(19)14-5-15/h6-7,11-12,15-17H,1-5,10H2,(H,13,18)(H,14,19). The predicted octanol–water partition coefficient (Wildman–Crippen LogP) is -5.06. The number of rotatable bonds is 10. The van der Waals surface area contributed by atoms with Crippen molar-refractivity contribution in [2.24, 2.45) is 5.73 Å². The maximum Gasteiger partial charge on any atom is 0.241 e. The third-order valence-electron chi connectivity index (χ3n) is 1.99. The Kier molecular flexibility index (Phi) is 9.88. The van der Waals surface area contributed by atoms with Crippen molar-refractivity contribution in [3.63, 3.8) is 0 Å². The summed E-state index contributed by atoms with van der Waals surface area (Å²) in [5.41, 5.74) is 5.14. The molecular formula is C9H21N5O5. The van der Waals surface area contributed by atoms with Gasteiger partial charge in [-0.3, -0.25) is 20.2 Å². The molecule has 10 nitrogen and oxygen atoms in total. The molecule has 0 saturated heterocycles. The van der Waals surface area contributed by atoms with Crippen LogP contribution in [0.15, 0.2) is 0 Å². The summed E-state index contributed by atoms with van der Waals surface area (Å²) in [7, 11) is 0. The number of carbonyl (C=O) groups is 2. The first-order valence-corrected chi connectivity index (χ1v) is 5.66. The molecule has 0 aromatic carbocycles. The molecule has 0 rings (SSSR count). The Hall–Kier alpha value is -1.30. The fourth-order valence-electron chi connectivity index (χ4n) is 1.01. The zero-order valence-electron chi connectivity index (χ0n) is 10.4. The molecule has 0 aromatic rings. The summed E-state index contributed by atoms with van der Waals surface area (Å²) in [6.07, 6.45) is -1.97. The number of hydrogen-bond donors (Lipinski definition) is 8. The number of amides is 2. The maximum absolute atomic E-state index is 11.2. The van der Waals surface area contributed by atoms with Gasteiger partial charge in [0, 0.05) is 13.1 Å². The lowest BCUT2D eigenvalue weighted by molar-refractivity contribution is -0.126. The van der Waals surface area contributed by atoms with Gasteiger partial charge in [0.05, 0.1) is 13.1 Å². The Morgan fingerprint density at radius 2 is 1.63 bits per heavy atom. The van der Waals surface area contributed by atoms with Crippen LogP contribution < -0.4 is 27.0 Å². The predicted molar refractivity (Wildman–Crippen MR) is 65.3 cm³/mol. The Balaban J connectivity index is 3.63. The SMILES string of the molecule is NCC(O)NCC(O)NCC(=O)NCC(=O)NCO. The van der Waals surface area contributed by atoms with E-state index < -0.39 is 31.0 Å².